The van der Waals surface area contributed by atoms with Gasteiger partial charge in [0.1, 0.15) is 0 Å². The largest absolute Gasteiger partial charge is 0.367 e. The lowest BCUT2D eigenvalue weighted by Gasteiger charge is -2.23. The van der Waals surface area contributed by atoms with Gasteiger partial charge >= 0.3 is 6.29 Å². The zero-order valence-corrected chi connectivity index (χ0v) is 15.1. The quantitative estimate of drug-likeness (QED) is 0.589. The third kappa shape index (κ3) is 4.28. The normalized spacial score (nSPS) is 17.9. The van der Waals surface area contributed by atoms with Crippen LogP contribution in [-0.4, -0.2) is 43.2 Å². The van der Waals surface area contributed by atoms with Crippen molar-refractivity contribution in [1.29, 1.82) is 0 Å². The summed E-state index contributed by atoms with van der Waals surface area (Å²) in [6.45, 7) is 4.68. The first-order chi connectivity index (χ1) is 12.2. The Balaban J connectivity index is 1.67. The lowest BCUT2D eigenvalue weighted by atomic mass is 10.2. The van der Waals surface area contributed by atoms with Gasteiger partial charge in [0, 0.05) is 18.8 Å². The molecule has 0 aromatic heterocycles. The summed E-state index contributed by atoms with van der Waals surface area (Å²) in [4.78, 5) is 4.38. The molecule has 0 radical (unpaired) electrons. The minimum absolute atomic E-state index is 0.120. The molecule has 0 aliphatic carbocycles. The van der Waals surface area contributed by atoms with Gasteiger partial charge in [-0.1, -0.05) is 40.1 Å². The first-order valence-electron chi connectivity index (χ1n) is 8.57. The molecule has 130 valence electrons. The molecule has 25 heavy (non-hydrogen) atoms. The molecule has 0 amide bonds. The number of nitrogens with zero attached hydrogens (tertiary/aromatic N) is 6. The molecule has 0 N–H and O–H groups in total. The summed E-state index contributed by atoms with van der Waals surface area (Å²) >= 11 is 0. The predicted molar refractivity (Wildman–Crippen MR) is 99.2 cm³/mol. The minimum Gasteiger partial charge on any atom is -0.367 e. The zero-order chi connectivity index (χ0) is 17.6. The number of hydrogen-bond donors (Lipinski definition) is 0. The van der Waals surface area contributed by atoms with Crippen LogP contribution in [0.3, 0.4) is 0 Å². The molecule has 0 fully saturated rings. The number of azo groups is 3. The minimum atomic E-state index is -0.120. The lowest BCUT2D eigenvalue weighted by Crippen LogP contribution is -2.30. The highest BCUT2D eigenvalue weighted by molar-refractivity contribution is 5.52. The molecular formula is C19H25N6+. The van der Waals surface area contributed by atoms with Gasteiger partial charge in [-0.15, -0.1) is 5.11 Å². The Morgan fingerprint density at radius 3 is 2.48 bits per heavy atom. The lowest BCUT2D eigenvalue weighted by molar-refractivity contribution is -0.601. The van der Waals surface area contributed by atoms with Crippen LogP contribution in [0.15, 0.2) is 69.9 Å². The van der Waals surface area contributed by atoms with Crippen molar-refractivity contribution in [3.63, 3.8) is 0 Å². The van der Waals surface area contributed by atoms with E-state index < -0.39 is 0 Å². The average Bonchev–Trinajstić information content (AvgIpc) is 2.97. The second-order valence-electron chi connectivity index (χ2n) is 6.19. The van der Waals surface area contributed by atoms with Gasteiger partial charge in [0.25, 0.3) is 0 Å². The van der Waals surface area contributed by atoms with Crippen LogP contribution in [0.25, 0.3) is 0 Å². The molecular weight excluding hydrogens is 312 g/mol. The van der Waals surface area contributed by atoms with E-state index in [1.165, 1.54) is 11.3 Å². The number of hydrogen-bond acceptors (Lipinski definition) is 5. The SMILES string of the molecule is CCN(Cc1ccccc1)c1ccc(N=NC2N(C)CN=[N+]2C)cc1. The fourth-order valence-corrected chi connectivity index (χ4v) is 2.83. The van der Waals surface area contributed by atoms with Crippen LogP contribution in [0.4, 0.5) is 11.4 Å². The summed E-state index contributed by atoms with van der Waals surface area (Å²) in [7, 11) is 3.90. The van der Waals surface area contributed by atoms with Gasteiger partial charge in [0.2, 0.25) is 0 Å². The van der Waals surface area contributed by atoms with Crippen LogP contribution >= 0.6 is 0 Å². The number of benzene rings is 2. The second-order valence-corrected chi connectivity index (χ2v) is 6.19. The van der Waals surface area contributed by atoms with Crippen LogP contribution in [0.2, 0.25) is 0 Å². The van der Waals surface area contributed by atoms with Gasteiger partial charge in [-0.3, -0.25) is 0 Å². The monoisotopic (exact) mass is 337 g/mol. The molecule has 2 aromatic carbocycles. The van der Waals surface area contributed by atoms with Gasteiger partial charge in [-0.05, 0) is 48.9 Å². The Morgan fingerprint density at radius 1 is 1.16 bits per heavy atom. The Kier molecular flexibility index (Phi) is 5.50. The smallest absolute Gasteiger partial charge is 0.350 e. The highest BCUT2D eigenvalue weighted by Crippen LogP contribution is 2.22. The summed E-state index contributed by atoms with van der Waals surface area (Å²) in [6.07, 6.45) is -0.120. The Hall–Kier alpha value is -2.60. The molecule has 0 saturated heterocycles. The second kappa shape index (κ2) is 7.98. The predicted octanol–water partition coefficient (Wildman–Crippen LogP) is 4.08. The van der Waals surface area contributed by atoms with Crippen molar-refractivity contribution < 1.29 is 4.70 Å². The van der Waals surface area contributed by atoms with E-state index in [9.17, 15) is 0 Å². The van der Waals surface area contributed by atoms with E-state index in [2.05, 4.69) is 63.6 Å². The molecule has 1 aliphatic rings. The molecule has 6 nitrogen and oxygen atoms in total. The van der Waals surface area contributed by atoms with Gasteiger partial charge in [-0.25, -0.2) is 0 Å². The van der Waals surface area contributed by atoms with E-state index in [1.54, 1.807) is 0 Å². The zero-order valence-electron chi connectivity index (χ0n) is 15.1. The van der Waals surface area contributed by atoms with Crippen molar-refractivity contribution in [2.45, 2.75) is 19.8 Å². The standard InChI is InChI=1S/C19H25N6/c1-4-25(14-16-8-6-5-7-9-16)18-12-10-17(11-13-18)21-22-19-23(2)15-20-24(19)3/h5-13,19H,4,14-15H2,1-3H3/q+1. The maximum atomic E-state index is 4.39. The van der Waals surface area contributed by atoms with E-state index in [0.717, 1.165) is 18.8 Å². The molecule has 2 aromatic rings. The fourth-order valence-electron chi connectivity index (χ4n) is 2.83. The van der Waals surface area contributed by atoms with Crippen molar-refractivity contribution in [2.75, 3.05) is 32.2 Å². The van der Waals surface area contributed by atoms with Crippen molar-refractivity contribution >= 4 is 11.4 Å². The summed E-state index contributed by atoms with van der Waals surface area (Å²) in [5.74, 6) is 0. The van der Waals surface area contributed by atoms with E-state index >= 15 is 0 Å². The summed E-state index contributed by atoms with van der Waals surface area (Å²) < 4.78 is 1.83. The van der Waals surface area contributed by atoms with E-state index in [-0.39, 0.29) is 6.29 Å². The summed E-state index contributed by atoms with van der Waals surface area (Å²) in [6, 6.07) is 18.8. The van der Waals surface area contributed by atoms with Crippen LogP contribution in [0, 0.1) is 0 Å². The van der Waals surface area contributed by atoms with Gasteiger partial charge in [0.15, 0.2) is 13.7 Å². The van der Waals surface area contributed by atoms with Gasteiger partial charge < -0.3 is 4.90 Å². The average molecular weight is 337 g/mol. The van der Waals surface area contributed by atoms with E-state index in [1.807, 2.05) is 41.9 Å². The third-order valence-corrected chi connectivity index (χ3v) is 4.33. The van der Waals surface area contributed by atoms with Crippen molar-refractivity contribution in [3.8, 4) is 0 Å². The molecule has 0 saturated carbocycles. The third-order valence-electron chi connectivity index (χ3n) is 4.33. The van der Waals surface area contributed by atoms with Crippen LogP contribution in [0.1, 0.15) is 12.5 Å². The van der Waals surface area contributed by atoms with Gasteiger partial charge in [-0.2, -0.15) is 4.90 Å². The summed E-state index contributed by atoms with van der Waals surface area (Å²) in [5, 5.41) is 13.0. The maximum Gasteiger partial charge on any atom is 0.350 e. The van der Waals surface area contributed by atoms with E-state index in [4.69, 9.17) is 0 Å². The molecule has 6 heteroatoms. The Bertz CT molecular complexity index is 738. The van der Waals surface area contributed by atoms with Crippen molar-refractivity contribution in [1.82, 2.24) is 4.90 Å². The molecule has 1 aliphatic heterocycles. The Morgan fingerprint density at radius 2 is 1.88 bits per heavy atom. The van der Waals surface area contributed by atoms with Crippen LogP contribution in [0.5, 0.6) is 0 Å². The molecule has 3 rings (SSSR count). The maximum absolute atomic E-state index is 4.39. The van der Waals surface area contributed by atoms with Crippen molar-refractivity contribution in [3.05, 3.63) is 60.2 Å². The Labute approximate surface area is 149 Å². The summed E-state index contributed by atoms with van der Waals surface area (Å²) in [5.41, 5.74) is 3.35. The van der Waals surface area contributed by atoms with Crippen LogP contribution < -0.4 is 4.90 Å². The first-order valence-corrected chi connectivity index (χ1v) is 8.57. The fraction of sp³-hybridized carbons (Fsp3) is 0.368. The van der Waals surface area contributed by atoms with Crippen molar-refractivity contribution in [2.24, 2.45) is 15.3 Å². The molecule has 1 heterocycles. The molecule has 0 spiro atoms. The first kappa shape index (κ1) is 17.2. The number of rotatable bonds is 6. The van der Waals surface area contributed by atoms with Crippen LogP contribution in [-0.2, 0) is 6.54 Å². The topological polar surface area (TPSA) is 46.6 Å². The highest BCUT2D eigenvalue weighted by atomic mass is 15.6. The van der Waals surface area contributed by atoms with E-state index in [0.29, 0.717) is 6.67 Å². The van der Waals surface area contributed by atoms with Gasteiger partial charge in [0.05, 0.1) is 5.69 Å². The highest BCUT2D eigenvalue weighted by Gasteiger charge is 2.30. The molecule has 0 bridgehead atoms. The molecule has 1 atom stereocenters. The number of anilines is 1. The molecule has 1 unspecified atom stereocenters.